The molecule has 1 saturated carbocycles. The van der Waals surface area contributed by atoms with E-state index in [1.807, 2.05) is 6.92 Å². The lowest BCUT2D eigenvalue weighted by Gasteiger charge is -2.32. The summed E-state index contributed by atoms with van der Waals surface area (Å²) in [5.41, 5.74) is 3.66. The number of hydrogen-bond donors (Lipinski definition) is 1. The van der Waals surface area contributed by atoms with Crippen LogP contribution >= 0.6 is 0 Å². The van der Waals surface area contributed by atoms with Crippen molar-refractivity contribution in [1.82, 2.24) is 5.43 Å². The van der Waals surface area contributed by atoms with E-state index in [1.54, 1.807) is 0 Å². The maximum atomic E-state index is 10.8. The Bertz CT molecular complexity index is 211. The molecule has 68 valence electrons. The first-order chi connectivity index (χ1) is 5.65. The Kier molecular flexibility index (Phi) is 2.84. The lowest BCUT2D eigenvalue weighted by molar-refractivity contribution is -0.120. The number of nitrogens with zero attached hydrogens (tertiary/aromatic N) is 1. The first kappa shape index (κ1) is 9.23. The highest BCUT2D eigenvalue weighted by Crippen LogP contribution is 2.30. The lowest BCUT2D eigenvalue weighted by Crippen LogP contribution is -2.35. The van der Waals surface area contributed by atoms with Crippen LogP contribution in [0.1, 0.15) is 33.6 Å². The summed E-state index contributed by atoms with van der Waals surface area (Å²) in [6, 6.07) is 0. The molecule has 1 rings (SSSR count). The topological polar surface area (TPSA) is 41.5 Å². The summed E-state index contributed by atoms with van der Waals surface area (Å²) in [6.45, 7) is 6.17. The molecule has 3 nitrogen and oxygen atoms in total. The summed E-state index contributed by atoms with van der Waals surface area (Å²) in [6.07, 6.45) is 1.53. The summed E-state index contributed by atoms with van der Waals surface area (Å²) in [4.78, 5) is 10.8. The molecule has 1 amide bonds. The summed E-state index contributed by atoms with van der Waals surface area (Å²) >= 11 is 0. The first-order valence-corrected chi connectivity index (χ1v) is 4.50. The Hall–Kier alpha value is -0.860. The third-order valence-electron chi connectivity index (χ3n) is 2.56. The number of hydrazone groups is 1. The van der Waals surface area contributed by atoms with Gasteiger partial charge >= 0.3 is 0 Å². The molecule has 12 heavy (non-hydrogen) atoms. The third kappa shape index (κ3) is 1.84. The van der Waals surface area contributed by atoms with Crippen molar-refractivity contribution in [2.75, 3.05) is 0 Å². The average Bonchev–Trinajstić information content (AvgIpc) is 2.10. The van der Waals surface area contributed by atoms with E-state index in [-0.39, 0.29) is 5.91 Å². The van der Waals surface area contributed by atoms with Crippen molar-refractivity contribution in [3.05, 3.63) is 0 Å². The average molecular weight is 168 g/mol. The number of hydrogen-bond acceptors (Lipinski definition) is 2. The molecule has 0 aromatic heterocycles. The van der Waals surface area contributed by atoms with Crippen LogP contribution in [0.25, 0.3) is 0 Å². The zero-order valence-corrected chi connectivity index (χ0v) is 7.92. The molecule has 0 aromatic rings. The molecule has 0 aromatic carbocycles. The highest BCUT2D eigenvalue weighted by Gasteiger charge is 2.30. The van der Waals surface area contributed by atoms with Gasteiger partial charge in [-0.1, -0.05) is 20.8 Å². The van der Waals surface area contributed by atoms with E-state index in [0.29, 0.717) is 12.3 Å². The second-order valence-corrected chi connectivity index (χ2v) is 3.46. The van der Waals surface area contributed by atoms with Crippen molar-refractivity contribution in [1.29, 1.82) is 0 Å². The maximum absolute atomic E-state index is 10.8. The van der Waals surface area contributed by atoms with Crippen molar-refractivity contribution < 1.29 is 4.79 Å². The molecule has 1 aliphatic carbocycles. The van der Waals surface area contributed by atoms with E-state index in [1.165, 1.54) is 0 Å². The van der Waals surface area contributed by atoms with Crippen LogP contribution in [0.15, 0.2) is 5.10 Å². The molecular weight excluding hydrogens is 152 g/mol. The van der Waals surface area contributed by atoms with E-state index < -0.39 is 0 Å². The number of carbonyl (C=O) groups is 1. The van der Waals surface area contributed by atoms with Gasteiger partial charge in [-0.3, -0.25) is 4.79 Å². The van der Waals surface area contributed by atoms with E-state index in [0.717, 1.165) is 18.1 Å². The summed E-state index contributed by atoms with van der Waals surface area (Å²) in [7, 11) is 0. The second kappa shape index (κ2) is 3.70. The van der Waals surface area contributed by atoms with Crippen molar-refractivity contribution >= 4 is 11.6 Å². The molecule has 3 heteroatoms. The van der Waals surface area contributed by atoms with Gasteiger partial charge in [0, 0.05) is 12.1 Å². The van der Waals surface area contributed by atoms with Crippen LogP contribution < -0.4 is 5.43 Å². The minimum absolute atomic E-state index is 0.00532. The summed E-state index contributed by atoms with van der Waals surface area (Å²) in [5.74, 6) is 1.26. The van der Waals surface area contributed by atoms with E-state index in [9.17, 15) is 4.79 Å². The van der Waals surface area contributed by atoms with Gasteiger partial charge < -0.3 is 0 Å². The van der Waals surface area contributed by atoms with Crippen molar-refractivity contribution in [2.24, 2.45) is 16.9 Å². The van der Waals surface area contributed by atoms with Gasteiger partial charge in [0.1, 0.15) is 0 Å². The minimum Gasteiger partial charge on any atom is -0.273 e. The maximum Gasteiger partial charge on any atom is 0.239 e. The fraction of sp³-hybridized carbons (Fsp3) is 0.778. The molecule has 2 unspecified atom stereocenters. The quantitative estimate of drug-likeness (QED) is 0.624. The van der Waals surface area contributed by atoms with Crippen LogP contribution in [0.2, 0.25) is 0 Å². The normalized spacial score (nSPS) is 31.4. The molecular formula is C9H16N2O. The Balaban J connectivity index is 2.34. The van der Waals surface area contributed by atoms with E-state index >= 15 is 0 Å². The van der Waals surface area contributed by atoms with E-state index in [2.05, 4.69) is 24.4 Å². The Morgan fingerprint density at radius 3 is 2.75 bits per heavy atom. The smallest absolute Gasteiger partial charge is 0.239 e. The largest absolute Gasteiger partial charge is 0.273 e. The third-order valence-corrected chi connectivity index (χ3v) is 2.56. The predicted molar refractivity (Wildman–Crippen MR) is 48.8 cm³/mol. The molecule has 1 fully saturated rings. The van der Waals surface area contributed by atoms with Gasteiger partial charge in [0.15, 0.2) is 0 Å². The molecule has 0 heterocycles. The molecule has 0 saturated heterocycles. The van der Waals surface area contributed by atoms with Crippen LogP contribution in [0.5, 0.6) is 0 Å². The zero-order chi connectivity index (χ0) is 9.14. The SMILES string of the molecule is CCC(=O)N/N=C1/CC(C)C1C. The van der Waals surface area contributed by atoms with Gasteiger partial charge in [-0.25, -0.2) is 5.43 Å². The molecule has 1 aliphatic rings. The van der Waals surface area contributed by atoms with Crippen molar-refractivity contribution in [2.45, 2.75) is 33.6 Å². The second-order valence-electron chi connectivity index (χ2n) is 3.46. The minimum atomic E-state index is -0.00532. The summed E-state index contributed by atoms with van der Waals surface area (Å²) in [5, 5.41) is 4.05. The summed E-state index contributed by atoms with van der Waals surface area (Å²) < 4.78 is 0. The van der Waals surface area contributed by atoms with Crippen molar-refractivity contribution in [3.63, 3.8) is 0 Å². The Morgan fingerprint density at radius 1 is 1.67 bits per heavy atom. The molecule has 1 N–H and O–H groups in total. The standard InChI is InChI=1S/C9H16N2O/c1-4-9(12)11-10-8-5-6(2)7(8)3/h6-7H,4-5H2,1-3H3,(H,11,12)/b10-8-. The Labute approximate surface area is 73.2 Å². The fourth-order valence-corrected chi connectivity index (χ4v) is 1.22. The van der Waals surface area contributed by atoms with Gasteiger partial charge in [-0.05, 0) is 18.3 Å². The van der Waals surface area contributed by atoms with E-state index in [4.69, 9.17) is 0 Å². The van der Waals surface area contributed by atoms with Crippen LogP contribution in [-0.4, -0.2) is 11.6 Å². The monoisotopic (exact) mass is 168 g/mol. The van der Waals surface area contributed by atoms with Gasteiger partial charge in [-0.15, -0.1) is 0 Å². The molecule has 0 aliphatic heterocycles. The predicted octanol–water partition coefficient (Wildman–Crippen LogP) is 1.54. The molecule has 0 bridgehead atoms. The van der Waals surface area contributed by atoms with Crippen LogP contribution in [0, 0.1) is 11.8 Å². The number of nitrogens with one attached hydrogen (secondary N) is 1. The lowest BCUT2D eigenvalue weighted by atomic mass is 9.74. The van der Waals surface area contributed by atoms with Gasteiger partial charge in [0.05, 0.1) is 0 Å². The van der Waals surface area contributed by atoms with Crippen LogP contribution in [0.3, 0.4) is 0 Å². The van der Waals surface area contributed by atoms with Crippen LogP contribution in [0.4, 0.5) is 0 Å². The number of rotatable bonds is 2. The molecule has 2 atom stereocenters. The number of carbonyl (C=O) groups excluding carboxylic acids is 1. The Morgan fingerprint density at radius 2 is 2.33 bits per heavy atom. The first-order valence-electron chi connectivity index (χ1n) is 4.50. The zero-order valence-electron chi connectivity index (χ0n) is 7.92. The van der Waals surface area contributed by atoms with Gasteiger partial charge in [0.2, 0.25) is 5.91 Å². The molecule has 0 radical (unpaired) electrons. The van der Waals surface area contributed by atoms with Crippen molar-refractivity contribution in [3.8, 4) is 0 Å². The van der Waals surface area contributed by atoms with Gasteiger partial charge in [-0.2, -0.15) is 5.10 Å². The van der Waals surface area contributed by atoms with Gasteiger partial charge in [0.25, 0.3) is 0 Å². The van der Waals surface area contributed by atoms with Crippen LogP contribution in [-0.2, 0) is 4.79 Å². The number of amides is 1. The highest BCUT2D eigenvalue weighted by molar-refractivity contribution is 5.93. The molecule has 0 spiro atoms. The highest BCUT2D eigenvalue weighted by atomic mass is 16.2. The fourth-order valence-electron chi connectivity index (χ4n) is 1.22.